The highest BCUT2D eigenvalue weighted by Gasteiger charge is 2.07. The zero-order valence-corrected chi connectivity index (χ0v) is 16.5. The Labute approximate surface area is 165 Å². The Balaban J connectivity index is 0.000000280. The summed E-state index contributed by atoms with van der Waals surface area (Å²) in [5.74, 6) is -0.110. The molecule has 0 aromatic heterocycles. The molecule has 2 aromatic rings. The van der Waals surface area contributed by atoms with Crippen molar-refractivity contribution in [3.8, 4) is 12.1 Å². The number of nitrogens with zero attached hydrogens (tertiary/aromatic N) is 2. The molecule has 6 nitrogen and oxygen atoms in total. The fourth-order valence-corrected chi connectivity index (χ4v) is 1.83. The molecule has 0 saturated carbocycles. The molecule has 0 spiro atoms. The number of carbonyl (C=O) groups is 2. The monoisotopic (exact) mass is 376 g/mol. The third-order valence-corrected chi connectivity index (χ3v) is 3.61. The van der Waals surface area contributed by atoms with Gasteiger partial charge in [0.25, 0.3) is 0 Å². The maximum atomic E-state index is 11.3. The normalized spacial score (nSPS) is 9.57. The number of hydrogen-bond acceptors (Lipinski definition) is 4. The third-order valence-electron chi connectivity index (χ3n) is 3.61. The van der Waals surface area contributed by atoms with Crippen LogP contribution in [-0.4, -0.2) is 11.8 Å². The first-order valence-corrected chi connectivity index (χ1v) is 8.88. The third kappa shape index (κ3) is 7.72. The number of carbonyl (C=O) groups excluding carboxylic acids is 2. The number of amides is 2. The maximum Gasteiger partial charge on any atom is 0.226 e. The van der Waals surface area contributed by atoms with Gasteiger partial charge in [-0.1, -0.05) is 27.7 Å². The van der Waals surface area contributed by atoms with Crippen LogP contribution in [0.4, 0.5) is 11.4 Å². The van der Waals surface area contributed by atoms with Gasteiger partial charge in [0.15, 0.2) is 0 Å². The lowest BCUT2D eigenvalue weighted by Gasteiger charge is -2.06. The smallest absolute Gasteiger partial charge is 0.226 e. The molecule has 144 valence electrons. The number of nitriles is 2. The molecule has 0 bridgehead atoms. The van der Waals surface area contributed by atoms with E-state index in [0.29, 0.717) is 11.1 Å². The van der Waals surface area contributed by atoms with Crippen LogP contribution in [0.5, 0.6) is 0 Å². The van der Waals surface area contributed by atoms with E-state index in [1.54, 1.807) is 48.5 Å². The summed E-state index contributed by atoms with van der Waals surface area (Å²) in [6.07, 6.45) is 0. The van der Waals surface area contributed by atoms with Crippen LogP contribution in [0, 0.1) is 34.5 Å². The summed E-state index contributed by atoms with van der Waals surface area (Å²) >= 11 is 0. The van der Waals surface area contributed by atoms with Crippen molar-refractivity contribution in [1.29, 1.82) is 10.5 Å². The minimum absolute atomic E-state index is 0.0188. The highest BCUT2D eigenvalue weighted by molar-refractivity contribution is 5.92. The minimum atomic E-state index is -0.0364. The zero-order chi connectivity index (χ0) is 21.1. The largest absolute Gasteiger partial charge is 0.326 e. The second-order valence-corrected chi connectivity index (χ2v) is 6.67. The Morgan fingerprint density at radius 3 is 1.18 bits per heavy atom. The molecule has 0 saturated heterocycles. The number of hydrogen-bond donors (Lipinski definition) is 2. The van der Waals surface area contributed by atoms with Gasteiger partial charge in [-0.25, -0.2) is 0 Å². The molecular formula is C22H24N4O2. The average molecular weight is 376 g/mol. The second kappa shape index (κ2) is 11.2. The molecule has 2 aromatic carbocycles. The molecule has 6 heteroatoms. The predicted molar refractivity (Wildman–Crippen MR) is 109 cm³/mol. The molecule has 0 aliphatic rings. The van der Waals surface area contributed by atoms with Crippen molar-refractivity contribution in [1.82, 2.24) is 0 Å². The van der Waals surface area contributed by atoms with Crippen molar-refractivity contribution in [2.45, 2.75) is 27.7 Å². The van der Waals surface area contributed by atoms with E-state index in [4.69, 9.17) is 10.5 Å². The van der Waals surface area contributed by atoms with Gasteiger partial charge >= 0.3 is 0 Å². The van der Waals surface area contributed by atoms with E-state index in [2.05, 4.69) is 10.6 Å². The van der Waals surface area contributed by atoms with Gasteiger partial charge in [0.05, 0.1) is 23.3 Å². The molecule has 0 radical (unpaired) electrons. The van der Waals surface area contributed by atoms with Crippen molar-refractivity contribution in [3.05, 3.63) is 59.7 Å². The lowest BCUT2D eigenvalue weighted by Crippen LogP contribution is -2.17. The number of nitrogens with one attached hydrogen (secondary N) is 2. The van der Waals surface area contributed by atoms with Gasteiger partial charge in [-0.3, -0.25) is 9.59 Å². The molecule has 28 heavy (non-hydrogen) atoms. The van der Waals surface area contributed by atoms with Gasteiger partial charge in [0, 0.05) is 23.2 Å². The van der Waals surface area contributed by atoms with E-state index in [-0.39, 0.29) is 23.7 Å². The van der Waals surface area contributed by atoms with Crippen molar-refractivity contribution < 1.29 is 9.59 Å². The first-order valence-electron chi connectivity index (χ1n) is 8.88. The Morgan fingerprint density at radius 2 is 0.964 bits per heavy atom. The SMILES string of the molecule is CC(C)C(=O)Nc1ccc(C#N)cc1.CC(C)C(=O)Nc1ccc(C#N)cc1. The molecule has 0 heterocycles. The van der Waals surface area contributed by atoms with Gasteiger partial charge in [-0.15, -0.1) is 0 Å². The van der Waals surface area contributed by atoms with Crippen LogP contribution in [0.2, 0.25) is 0 Å². The van der Waals surface area contributed by atoms with Gasteiger partial charge in [-0.2, -0.15) is 10.5 Å². The van der Waals surface area contributed by atoms with Gasteiger partial charge < -0.3 is 10.6 Å². The summed E-state index contributed by atoms with van der Waals surface area (Å²) in [4.78, 5) is 22.6. The fraction of sp³-hybridized carbons (Fsp3) is 0.273. The maximum absolute atomic E-state index is 11.3. The van der Waals surface area contributed by atoms with Gasteiger partial charge in [0.1, 0.15) is 0 Å². The summed E-state index contributed by atoms with van der Waals surface area (Å²) in [6.45, 7) is 7.33. The standard InChI is InChI=1S/2C11H12N2O/c2*1-8(2)11(14)13-10-5-3-9(7-12)4-6-10/h2*3-6,8H,1-2H3,(H,13,14). The van der Waals surface area contributed by atoms with Gasteiger partial charge in [0.2, 0.25) is 11.8 Å². The highest BCUT2D eigenvalue weighted by Crippen LogP contribution is 2.11. The van der Waals surface area contributed by atoms with Crippen LogP contribution < -0.4 is 10.6 Å². The summed E-state index contributed by atoms with van der Waals surface area (Å²) in [6, 6.07) is 17.6. The Morgan fingerprint density at radius 1 is 0.679 bits per heavy atom. The van der Waals surface area contributed by atoms with Gasteiger partial charge in [-0.05, 0) is 48.5 Å². The first-order chi connectivity index (χ1) is 13.3. The highest BCUT2D eigenvalue weighted by atomic mass is 16.2. The predicted octanol–water partition coefficient (Wildman–Crippen LogP) is 4.31. The number of anilines is 2. The first kappa shape index (κ1) is 22.4. The molecule has 2 rings (SSSR count). The van der Waals surface area contributed by atoms with Crippen molar-refractivity contribution >= 4 is 23.2 Å². The van der Waals surface area contributed by atoms with Crippen LogP contribution in [-0.2, 0) is 9.59 Å². The lowest BCUT2D eigenvalue weighted by molar-refractivity contribution is -0.119. The number of benzene rings is 2. The zero-order valence-electron chi connectivity index (χ0n) is 16.5. The van der Waals surface area contributed by atoms with E-state index >= 15 is 0 Å². The van der Waals surface area contributed by atoms with Crippen molar-refractivity contribution in [2.75, 3.05) is 10.6 Å². The van der Waals surface area contributed by atoms with Crippen LogP contribution in [0.25, 0.3) is 0 Å². The summed E-state index contributed by atoms with van der Waals surface area (Å²) < 4.78 is 0. The minimum Gasteiger partial charge on any atom is -0.326 e. The van der Waals surface area contributed by atoms with E-state index in [1.807, 2.05) is 39.8 Å². The molecule has 0 unspecified atom stereocenters. The van der Waals surface area contributed by atoms with Crippen LogP contribution in [0.15, 0.2) is 48.5 Å². The molecule has 0 aliphatic carbocycles. The summed E-state index contributed by atoms with van der Waals surface area (Å²) in [5, 5.41) is 22.6. The average Bonchev–Trinajstić information content (AvgIpc) is 2.69. The second-order valence-electron chi connectivity index (χ2n) is 6.67. The quantitative estimate of drug-likeness (QED) is 0.829. The molecule has 0 atom stereocenters. The molecule has 2 amide bonds. The molecule has 0 fully saturated rings. The Hall–Kier alpha value is -3.64. The van der Waals surface area contributed by atoms with Crippen LogP contribution in [0.3, 0.4) is 0 Å². The molecule has 2 N–H and O–H groups in total. The number of rotatable bonds is 4. The summed E-state index contributed by atoms with van der Waals surface area (Å²) in [7, 11) is 0. The van der Waals surface area contributed by atoms with Crippen molar-refractivity contribution in [3.63, 3.8) is 0 Å². The van der Waals surface area contributed by atoms with E-state index in [1.165, 1.54) is 0 Å². The fourth-order valence-electron chi connectivity index (χ4n) is 1.83. The lowest BCUT2D eigenvalue weighted by atomic mass is 10.2. The topological polar surface area (TPSA) is 106 Å². The van der Waals surface area contributed by atoms with E-state index in [9.17, 15) is 9.59 Å². The van der Waals surface area contributed by atoms with Crippen molar-refractivity contribution in [2.24, 2.45) is 11.8 Å². The van der Waals surface area contributed by atoms with E-state index < -0.39 is 0 Å². The Bertz CT molecular complexity index is 795. The van der Waals surface area contributed by atoms with Crippen LogP contribution >= 0.6 is 0 Å². The summed E-state index contributed by atoms with van der Waals surface area (Å²) in [5.41, 5.74) is 2.63. The molecule has 0 aliphatic heterocycles. The molecular weight excluding hydrogens is 352 g/mol. The van der Waals surface area contributed by atoms with Crippen LogP contribution in [0.1, 0.15) is 38.8 Å². The van der Waals surface area contributed by atoms with E-state index in [0.717, 1.165) is 11.4 Å². The Kier molecular flexibility index (Phi) is 8.92.